The fraction of sp³-hybridized carbons (Fsp3) is 0.375. The van der Waals surface area contributed by atoms with Crippen molar-refractivity contribution in [2.24, 2.45) is 11.7 Å². The third-order valence-electron chi connectivity index (χ3n) is 3.46. The van der Waals surface area contributed by atoms with Crippen molar-refractivity contribution >= 4 is 42.3 Å². The largest absolute Gasteiger partial charge is 0.346 e. The Bertz CT molecular complexity index is 693. The maximum Gasteiger partial charge on any atom is 0.243 e. The van der Waals surface area contributed by atoms with E-state index in [0.717, 1.165) is 5.56 Å². The van der Waals surface area contributed by atoms with Gasteiger partial charge in [0.25, 0.3) is 0 Å². The summed E-state index contributed by atoms with van der Waals surface area (Å²) >= 11 is 0. The molecule has 0 fully saturated rings. The molecule has 0 spiro atoms. The number of carbonyl (C=O) groups excluding carboxylic acids is 2. The molecule has 0 aliphatic rings. The van der Waals surface area contributed by atoms with Crippen LogP contribution in [0.15, 0.2) is 36.9 Å². The number of carbonyl (C=O) groups is 2. The number of aromatic nitrogens is 3. The lowest BCUT2D eigenvalue weighted by molar-refractivity contribution is -0.125. The Labute approximate surface area is 164 Å². The lowest BCUT2D eigenvalue weighted by Crippen LogP contribution is -2.46. The van der Waals surface area contributed by atoms with Crippen LogP contribution in [0.3, 0.4) is 0 Å². The van der Waals surface area contributed by atoms with Gasteiger partial charge in [-0.1, -0.05) is 13.8 Å². The number of rotatable bonds is 7. The van der Waals surface area contributed by atoms with Crippen molar-refractivity contribution in [1.82, 2.24) is 20.1 Å². The molecule has 2 rings (SSSR count). The van der Waals surface area contributed by atoms with Gasteiger partial charge in [0.2, 0.25) is 11.8 Å². The Morgan fingerprint density at radius 1 is 1.23 bits per heavy atom. The Morgan fingerprint density at radius 3 is 2.50 bits per heavy atom. The van der Waals surface area contributed by atoms with Gasteiger partial charge in [-0.2, -0.15) is 5.10 Å². The zero-order valence-corrected chi connectivity index (χ0v) is 16.2. The van der Waals surface area contributed by atoms with Gasteiger partial charge in [-0.3, -0.25) is 19.3 Å². The fourth-order valence-corrected chi connectivity index (χ4v) is 1.98. The number of pyridine rings is 1. The first kappa shape index (κ1) is 23.8. The van der Waals surface area contributed by atoms with E-state index in [1.165, 1.54) is 0 Å². The molecule has 0 aliphatic heterocycles. The maximum absolute atomic E-state index is 11.9. The second kappa shape index (κ2) is 11.5. The predicted octanol–water partition coefficient (Wildman–Crippen LogP) is 1.21. The quantitative estimate of drug-likeness (QED) is 0.643. The first-order valence-corrected chi connectivity index (χ1v) is 7.70. The lowest BCUT2D eigenvalue weighted by Gasteiger charge is -2.14. The Hall–Kier alpha value is -2.16. The molecule has 0 radical (unpaired) electrons. The van der Waals surface area contributed by atoms with Crippen molar-refractivity contribution in [3.8, 4) is 0 Å². The van der Waals surface area contributed by atoms with Gasteiger partial charge in [0.1, 0.15) is 0 Å². The number of nitrogens with zero attached hydrogens (tertiary/aromatic N) is 3. The summed E-state index contributed by atoms with van der Waals surface area (Å²) in [5.41, 5.74) is 7.34. The molecular formula is C16H24Cl2N6O2. The minimum Gasteiger partial charge on any atom is -0.346 e. The molecule has 2 heterocycles. The molecule has 2 aromatic rings. The molecule has 10 heteroatoms. The highest BCUT2D eigenvalue weighted by molar-refractivity contribution is 5.95. The molecule has 4 N–H and O–H groups in total. The Kier molecular flexibility index (Phi) is 10.5. The van der Waals surface area contributed by atoms with Crippen molar-refractivity contribution in [2.75, 3.05) is 11.9 Å². The minimum atomic E-state index is -0.624. The molecule has 0 saturated heterocycles. The van der Waals surface area contributed by atoms with Gasteiger partial charge in [0.15, 0.2) is 0 Å². The van der Waals surface area contributed by atoms with Gasteiger partial charge in [0, 0.05) is 18.6 Å². The highest BCUT2D eigenvalue weighted by Gasteiger charge is 2.17. The van der Waals surface area contributed by atoms with E-state index >= 15 is 0 Å². The highest BCUT2D eigenvalue weighted by Crippen LogP contribution is 2.07. The number of anilines is 1. The third kappa shape index (κ3) is 7.38. The monoisotopic (exact) mass is 402 g/mol. The maximum atomic E-state index is 11.9. The van der Waals surface area contributed by atoms with Crippen LogP contribution in [0.2, 0.25) is 0 Å². The van der Waals surface area contributed by atoms with Crippen LogP contribution in [0.25, 0.3) is 0 Å². The topological polar surface area (TPSA) is 115 Å². The molecule has 2 aromatic heterocycles. The number of hydrogen-bond donors (Lipinski definition) is 3. The first-order chi connectivity index (χ1) is 11.5. The molecule has 0 unspecified atom stereocenters. The number of nitrogens with one attached hydrogen (secondary N) is 2. The molecule has 2 amide bonds. The summed E-state index contributed by atoms with van der Waals surface area (Å²) in [6.45, 7) is 4.15. The summed E-state index contributed by atoms with van der Waals surface area (Å²) in [6, 6.07) is 3.17. The number of halogens is 2. The van der Waals surface area contributed by atoms with Gasteiger partial charge in [-0.15, -0.1) is 24.8 Å². The molecule has 0 aromatic carbocycles. The van der Waals surface area contributed by atoms with Crippen molar-refractivity contribution in [3.05, 3.63) is 42.5 Å². The van der Waals surface area contributed by atoms with Crippen LogP contribution >= 0.6 is 24.8 Å². The fourth-order valence-electron chi connectivity index (χ4n) is 1.98. The van der Waals surface area contributed by atoms with E-state index in [9.17, 15) is 9.59 Å². The lowest BCUT2D eigenvalue weighted by atomic mass is 10.1. The van der Waals surface area contributed by atoms with Crippen LogP contribution in [0, 0.1) is 5.92 Å². The van der Waals surface area contributed by atoms with Crippen LogP contribution in [0.5, 0.6) is 0 Å². The van der Waals surface area contributed by atoms with Gasteiger partial charge in [-0.05, 0) is 23.6 Å². The van der Waals surface area contributed by atoms with E-state index in [0.29, 0.717) is 12.2 Å². The van der Waals surface area contributed by atoms with Crippen molar-refractivity contribution in [1.29, 1.82) is 0 Å². The molecular weight excluding hydrogens is 379 g/mol. The summed E-state index contributed by atoms with van der Waals surface area (Å²) < 4.78 is 1.71. The zero-order valence-electron chi connectivity index (χ0n) is 14.6. The highest BCUT2D eigenvalue weighted by atomic mass is 35.5. The van der Waals surface area contributed by atoms with Crippen LogP contribution < -0.4 is 16.4 Å². The van der Waals surface area contributed by atoms with E-state index in [1.807, 2.05) is 26.0 Å². The van der Waals surface area contributed by atoms with Crippen LogP contribution in [0.1, 0.15) is 19.4 Å². The summed E-state index contributed by atoms with van der Waals surface area (Å²) in [5, 5.41) is 9.39. The predicted molar refractivity (Wildman–Crippen MR) is 105 cm³/mol. The van der Waals surface area contributed by atoms with Gasteiger partial charge < -0.3 is 16.4 Å². The molecule has 0 bridgehead atoms. The molecule has 26 heavy (non-hydrogen) atoms. The normalized spacial score (nSPS) is 11.1. The average molecular weight is 403 g/mol. The number of amides is 2. The zero-order chi connectivity index (χ0) is 17.5. The molecule has 8 nitrogen and oxygen atoms in total. The summed E-state index contributed by atoms with van der Waals surface area (Å²) in [7, 11) is 0. The second-order valence-corrected chi connectivity index (χ2v) is 5.82. The van der Waals surface area contributed by atoms with E-state index in [-0.39, 0.29) is 49.1 Å². The summed E-state index contributed by atoms with van der Waals surface area (Å²) in [6.07, 6.45) is 6.71. The van der Waals surface area contributed by atoms with Gasteiger partial charge in [-0.25, -0.2) is 0 Å². The third-order valence-corrected chi connectivity index (χ3v) is 3.46. The smallest absolute Gasteiger partial charge is 0.243 e. The Balaban J connectivity index is 0.00000312. The van der Waals surface area contributed by atoms with E-state index in [4.69, 9.17) is 5.73 Å². The van der Waals surface area contributed by atoms with E-state index in [2.05, 4.69) is 20.7 Å². The van der Waals surface area contributed by atoms with E-state index in [1.54, 1.807) is 29.5 Å². The van der Waals surface area contributed by atoms with E-state index < -0.39 is 6.04 Å². The molecule has 144 valence electrons. The second-order valence-electron chi connectivity index (χ2n) is 5.82. The number of nitrogens with two attached hydrogens (primary N) is 1. The minimum absolute atomic E-state index is 0. The van der Waals surface area contributed by atoms with Crippen LogP contribution in [-0.4, -0.2) is 39.2 Å². The molecule has 0 aliphatic carbocycles. The van der Waals surface area contributed by atoms with Crippen molar-refractivity contribution < 1.29 is 9.59 Å². The van der Waals surface area contributed by atoms with Gasteiger partial charge in [0.05, 0.1) is 31.0 Å². The molecule has 1 atom stereocenters. The summed E-state index contributed by atoms with van der Waals surface area (Å²) in [4.78, 5) is 27.5. The van der Waals surface area contributed by atoms with Crippen LogP contribution in [0.4, 0.5) is 5.69 Å². The van der Waals surface area contributed by atoms with Gasteiger partial charge >= 0.3 is 0 Å². The summed E-state index contributed by atoms with van der Waals surface area (Å²) in [5.74, 6) is -0.657. The van der Waals surface area contributed by atoms with Crippen molar-refractivity contribution in [3.63, 3.8) is 0 Å². The first-order valence-electron chi connectivity index (χ1n) is 7.70. The van der Waals surface area contributed by atoms with Crippen molar-refractivity contribution in [2.45, 2.75) is 26.4 Å². The molecule has 0 saturated carbocycles. The Morgan fingerprint density at radius 2 is 1.88 bits per heavy atom. The SMILES string of the molecule is CC(C)[C@H](N)C(=O)NCC(=O)Nc1cnn(Cc2ccncc2)c1.Cl.Cl. The van der Waals surface area contributed by atoms with Crippen LogP contribution in [-0.2, 0) is 16.1 Å². The average Bonchev–Trinajstić information content (AvgIpc) is 2.99. The standard InChI is InChI=1S/C16H22N6O2.2ClH/c1-11(2)15(17)16(24)19-8-14(23)21-13-7-20-22(10-13)9-12-3-5-18-6-4-12;;/h3-7,10-11,15H,8-9,17H2,1-2H3,(H,19,24)(H,21,23);2*1H/t15-;;/m0../s1. The number of hydrogen-bond acceptors (Lipinski definition) is 5.